The van der Waals surface area contributed by atoms with Crippen LogP contribution in [0.1, 0.15) is 38.3 Å². The Morgan fingerprint density at radius 3 is 2.60 bits per heavy atom. The van der Waals surface area contributed by atoms with Crippen LogP contribution in [-0.2, 0) is 10.8 Å². The van der Waals surface area contributed by atoms with Crippen molar-refractivity contribution in [2.24, 2.45) is 0 Å². The van der Waals surface area contributed by atoms with Crippen molar-refractivity contribution in [1.82, 2.24) is 5.32 Å². The van der Waals surface area contributed by atoms with Crippen molar-refractivity contribution in [3.8, 4) is 11.5 Å². The van der Waals surface area contributed by atoms with Gasteiger partial charge < -0.3 is 14.8 Å². The number of hydrogen-bond acceptors (Lipinski definition) is 4. The average molecular weight is 295 g/mol. The lowest BCUT2D eigenvalue weighted by molar-refractivity contribution is 0.296. The highest BCUT2D eigenvalue weighted by atomic mass is 32.2. The summed E-state index contributed by atoms with van der Waals surface area (Å²) in [6.07, 6.45) is 1.78. The van der Waals surface area contributed by atoms with E-state index in [1.54, 1.807) is 0 Å². The standard InChI is InChI=1S/C15H21NO3S/c1-3-13-15(16-4-2)10-8-11-12(9-14(10)20(13)17)19-7-5-6-18-11/h8-9,13,15-16H,3-7H2,1-2H3. The summed E-state index contributed by atoms with van der Waals surface area (Å²) in [6.45, 7) is 6.38. The van der Waals surface area contributed by atoms with Crippen LogP contribution >= 0.6 is 0 Å². The Bertz CT molecular complexity index is 532. The molecule has 3 unspecified atom stereocenters. The second-order valence-electron chi connectivity index (χ2n) is 5.17. The molecule has 5 heteroatoms. The van der Waals surface area contributed by atoms with Gasteiger partial charge in [0, 0.05) is 23.4 Å². The molecule has 0 saturated carbocycles. The van der Waals surface area contributed by atoms with Gasteiger partial charge in [-0.25, -0.2) is 0 Å². The first-order valence-corrected chi connectivity index (χ1v) is 8.55. The molecule has 3 atom stereocenters. The van der Waals surface area contributed by atoms with Gasteiger partial charge in [0.1, 0.15) is 0 Å². The molecule has 2 aliphatic heterocycles. The van der Waals surface area contributed by atoms with E-state index in [2.05, 4.69) is 19.2 Å². The molecule has 2 aliphatic rings. The second kappa shape index (κ2) is 5.74. The number of fused-ring (bicyclic) bond motifs is 2. The lowest BCUT2D eigenvalue weighted by atomic mass is 10.0. The summed E-state index contributed by atoms with van der Waals surface area (Å²) in [6, 6.07) is 4.10. The Morgan fingerprint density at radius 1 is 1.25 bits per heavy atom. The van der Waals surface area contributed by atoms with Crippen molar-refractivity contribution in [3.05, 3.63) is 17.7 Å². The molecule has 1 N–H and O–H groups in total. The summed E-state index contributed by atoms with van der Waals surface area (Å²) < 4.78 is 24.1. The van der Waals surface area contributed by atoms with Gasteiger partial charge in [0.15, 0.2) is 11.5 Å². The van der Waals surface area contributed by atoms with Crippen LogP contribution in [0, 0.1) is 0 Å². The maximum Gasteiger partial charge on any atom is 0.162 e. The van der Waals surface area contributed by atoms with Gasteiger partial charge in [-0.1, -0.05) is 13.8 Å². The van der Waals surface area contributed by atoms with E-state index in [-0.39, 0.29) is 11.3 Å². The van der Waals surface area contributed by atoms with Crippen LogP contribution in [-0.4, -0.2) is 29.2 Å². The summed E-state index contributed by atoms with van der Waals surface area (Å²) >= 11 is 0. The van der Waals surface area contributed by atoms with Crippen molar-refractivity contribution in [2.75, 3.05) is 19.8 Å². The number of hydrogen-bond donors (Lipinski definition) is 1. The molecule has 4 nitrogen and oxygen atoms in total. The van der Waals surface area contributed by atoms with E-state index in [0.717, 1.165) is 41.3 Å². The van der Waals surface area contributed by atoms with Crippen LogP contribution in [0.15, 0.2) is 17.0 Å². The van der Waals surface area contributed by atoms with Crippen LogP contribution in [0.4, 0.5) is 0 Å². The molecular weight excluding hydrogens is 274 g/mol. The fraction of sp³-hybridized carbons (Fsp3) is 0.600. The van der Waals surface area contributed by atoms with E-state index in [4.69, 9.17) is 9.47 Å². The van der Waals surface area contributed by atoms with Crippen molar-refractivity contribution in [2.45, 2.75) is 42.9 Å². The molecule has 0 aliphatic carbocycles. The lowest BCUT2D eigenvalue weighted by Gasteiger charge is -2.18. The third-order valence-corrected chi connectivity index (χ3v) is 5.85. The average Bonchev–Trinajstić information content (AvgIpc) is 2.62. The molecule has 3 rings (SSSR count). The Balaban J connectivity index is 2.05. The molecule has 1 aromatic rings. The molecule has 0 saturated heterocycles. The van der Waals surface area contributed by atoms with Gasteiger partial charge in [0.05, 0.1) is 29.3 Å². The highest BCUT2D eigenvalue weighted by Gasteiger charge is 2.38. The van der Waals surface area contributed by atoms with Crippen LogP contribution in [0.3, 0.4) is 0 Å². The van der Waals surface area contributed by atoms with Gasteiger partial charge in [-0.15, -0.1) is 0 Å². The largest absolute Gasteiger partial charge is 0.490 e. The minimum atomic E-state index is -0.969. The molecule has 0 amide bonds. The third kappa shape index (κ3) is 2.23. The lowest BCUT2D eigenvalue weighted by Crippen LogP contribution is -2.29. The normalized spacial score (nSPS) is 28.0. The SMILES string of the molecule is CCNC1c2cc3c(cc2S(=O)C1CC)OCCCO3. The minimum absolute atomic E-state index is 0.135. The van der Waals surface area contributed by atoms with E-state index in [1.165, 1.54) is 0 Å². The zero-order valence-corrected chi connectivity index (χ0v) is 12.8. The van der Waals surface area contributed by atoms with Gasteiger partial charge in [-0.05, 0) is 24.6 Å². The number of ether oxygens (including phenoxy) is 2. The van der Waals surface area contributed by atoms with Gasteiger partial charge in [0.25, 0.3) is 0 Å². The highest BCUT2D eigenvalue weighted by Crippen LogP contribution is 2.44. The molecule has 20 heavy (non-hydrogen) atoms. The molecule has 0 spiro atoms. The van der Waals surface area contributed by atoms with Crippen LogP contribution in [0.2, 0.25) is 0 Å². The van der Waals surface area contributed by atoms with Crippen LogP contribution < -0.4 is 14.8 Å². The fourth-order valence-corrected chi connectivity index (χ4v) is 4.72. The first-order valence-electron chi connectivity index (χ1n) is 7.33. The van der Waals surface area contributed by atoms with Gasteiger partial charge in [0.2, 0.25) is 0 Å². The zero-order chi connectivity index (χ0) is 14.1. The van der Waals surface area contributed by atoms with Crippen molar-refractivity contribution >= 4 is 10.8 Å². The third-order valence-electron chi connectivity index (χ3n) is 3.90. The molecular formula is C15H21NO3S. The minimum Gasteiger partial charge on any atom is -0.490 e. The second-order valence-corrected chi connectivity index (χ2v) is 6.81. The summed E-state index contributed by atoms with van der Waals surface area (Å²) in [5, 5.41) is 3.60. The summed E-state index contributed by atoms with van der Waals surface area (Å²) in [7, 11) is -0.969. The summed E-state index contributed by atoms with van der Waals surface area (Å²) in [5.41, 5.74) is 1.11. The molecule has 0 bridgehead atoms. The first kappa shape index (κ1) is 13.9. The van der Waals surface area contributed by atoms with E-state index in [9.17, 15) is 4.21 Å². The van der Waals surface area contributed by atoms with Crippen molar-refractivity contribution in [3.63, 3.8) is 0 Å². The monoisotopic (exact) mass is 295 g/mol. The van der Waals surface area contributed by atoms with Gasteiger partial charge >= 0.3 is 0 Å². The summed E-state index contributed by atoms with van der Waals surface area (Å²) in [4.78, 5) is 0.909. The topological polar surface area (TPSA) is 47.6 Å². The molecule has 110 valence electrons. The van der Waals surface area contributed by atoms with Crippen LogP contribution in [0.5, 0.6) is 11.5 Å². The van der Waals surface area contributed by atoms with E-state index >= 15 is 0 Å². The number of benzene rings is 1. The van der Waals surface area contributed by atoms with Gasteiger partial charge in [-0.3, -0.25) is 4.21 Å². The molecule has 0 aromatic heterocycles. The number of rotatable bonds is 3. The first-order chi connectivity index (χ1) is 9.76. The fourth-order valence-electron chi connectivity index (χ4n) is 2.96. The summed E-state index contributed by atoms with van der Waals surface area (Å²) in [5.74, 6) is 1.53. The Morgan fingerprint density at radius 2 is 1.95 bits per heavy atom. The Labute approximate surface area is 122 Å². The van der Waals surface area contributed by atoms with E-state index in [0.29, 0.717) is 13.2 Å². The molecule has 1 aromatic carbocycles. The smallest absolute Gasteiger partial charge is 0.162 e. The van der Waals surface area contributed by atoms with Gasteiger partial charge in [-0.2, -0.15) is 0 Å². The maximum atomic E-state index is 12.7. The molecule has 2 heterocycles. The Hall–Kier alpha value is -1.07. The van der Waals surface area contributed by atoms with Crippen molar-refractivity contribution < 1.29 is 13.7 Å². The zero-order valence-electron chi connectivity index (χ0n) is 12.0. The Kier molecular flexibility index (Phi) is 3.98. The number of nitrogens with one attached hydrogen (secondary N) is 1. The highest BCUT2D eigenvalue weighted by molar-refractivity contribution is 7.86. The van der Waals surface area contributed by atoms with E-state index in [1.807, 2.05) is 12.1 Å². The van der Waals surface area contributed by atoms with Crippen molar-refractivity contribution in [1.29, 1.82) is 0 Å². The maximum absolute atomic E-state index is 12.7. The molecule has 0 radical (unpaired) electrons. The van der Waals surface area contributed by atoms with Crippen LogP contribution in [0.25, 0.3) is 0 Å². The quantitative estimate of drug-likeness (QED) is 0.930. The molecule has 0 fully saturated rings. The van der Waals surface area contributed by atoms with E-state index < -0.39 is 10.8 Å². The predicted octanol–water partition coefficient (Wildman–Crippen LogP) is 2.40. The predicted molar refractivity (Wildman–Crippen MR) is 79.0 cm³/mol.